The van der Waals surface area contributed by atoms with Crippen LogP contribution in [0.15, 0.2) is 23.6 Å². The number of aromatic nitrogens is 2. The maximum atomic E-state index is 12.5. The number of aryl methyl sites for hydroxylation is 2. The van der Waals surface area contributed by atoms with Crippen LogP contribution in [0, 0.1) is 6.92 Å². The number of thiophene rings is 1. The van der Waals surface area contributed by atoms with E-state index in [9.17, 15) is 18.0 Å². The number of hydrogen-bond donors (Lipinski definition) is 1. The van der Waals surface area contributed by atoms with Crippen LogP contribution in [0.1, 0.15) is 27.5 Å². The largest absolute Gasteiger partial charge is 0.435 e. The smallest absolute Gasteiger partial charge is 0.351 e. The summed E-state index contributed by atoms with van der Waals surface area (Å²) in [6.45, 7) is 2.29. The Morgan fingerprint density at radius 3 is 2.81 bits per heavy atom. The molecule has 114 valence electrons. The summed E-state index contributed by atoms with van der Waals surface area (Å²) in [5.74, 6) is -0.168. The minimum atomic E-state index is -4.43. The molecule has 4 nitrogen and oxygen atoms in total. The van der Waals surface area contributed by atoms with Crippen molar-refractivity contribution in [3.8, 4) is 0 Å². The van der Waals surface area contributed by atoms with Crippen LogP contribution >= 0.6 is 11.3 Å². The monoisotopic (exact) mass is 317 g/mol. The van der Waals surface area contributed by atoms with E-state index in [4.69, 9.17) is 0 Å². The third-order valence-electron chi connectivity index (χ3n) is 2.85. The summed E-state index contributed by atoms with van der Waals surface area (Å²) < 4.78 is 38.8. The van der Waals surface area contributed by atoms with Gasteiger partial charge in [0.1, 0.15) is 0 Å². The van der Waals surface area contributed by atoms with Crippen molar-refractivity contribution in [1.29, 1.82) is 0 Å². The van der Waals surface area contributed by atoms with Crippen molar-refractivity contribution in [2.75, 3.05) is 6.54 Å². The quantitative estimate of drug-likeness (QED) is 0.862. The lowest BCUT2D eigenvalue weighted by molar-refractivity contribution is -0.141. The van der Waals surface area contributed by atoms with Crippen LogP contribution in [0.3, 0.4) is 0 Å². The minimum absolute atomic E-state index is 0.168. The van der Waals surface area contributed by atoms with Crippen LogP contribution in [-0.2, 0) is 12.7 Å². The van der Waals surface area contributed by atoms with E-state index in [0.717, 1.165) is 6.07 Å². The first kappa shape index (κ1) is 15.6. The number of carbonyl (C=O) groups is 1. The molecule has 2 heterocycles. The fraction of sp³-hybridized carbons (Fsp3) is 0.385. The molecule has 0 radical (unpaired) electrons. The van der Waals surface area contributed by atoms with E-state index < -0.39 is 11.9 Å². The van der Waals surface area contributed by atoms with E-state index in [2.05, 4.69) is 10.4 Å². The molecule has 0 fully saturated rings. The average molecular weight is 317 g/mol. The van der Waals surface area contributed by atoms with Gasteiger partial charge in [-0.1, -0.05) is 6.07 Å². The number of nitrogens with zero attached hydrogens (tertiary/aromatic N) is 2. The van der Waals surface area contributed by atoms with Gasteiger partial charge in [-0.2, -0.15) is 18.3 Å². The average Bonchev–Trinajstić information content (AvgIpc) is 3.03. The van der Waals surface area contributed by atoms with Crippen molar-refractivity contribution in [2.24, 2.45) is 0 Å². The van der Waals surface area contributed by atoms with Gasteiger partial charge in [0.15, 0.2) is 5.69 Å². The van der Waals surface area contributed by atoms with Crippen molar-refractivity contribution in [2.45, 2.75) is 26.1 Å². The molecule has 0 unspecified atom stereocenters. The predicted octanol–water partition coefficient (Wildman–Crippen LogP) is 3.09. The van der Waals surface area contributed by atoms with Gasteiger partial charge in [0.25, 0.3) is 5.91 Å². The first-order valence-electron chi connectivity index (χ1n) is 6.31. The Labute approximate surface area is 123 Å². The highest BCUT2D eigenvalue weighted by Gasteiger charge is 2.34. The van der Waals surface area contributed by atoms with Crippen LogP contribution in [0.5, 0.6) is 0 Å². The number of amides is 1. The molecule has 1 amide bonds. The van der Waals surface area contributed by atoms with Crippen LogP contribution in [0.2, 0.25) is 0 Å². The zero-order chi connectivity index (χ0) is 15.5. The number of rotatable bonds is 5. The molecule has 0 spiro atoms. The van der Waals surface area contributed by atoms with Crippen molar-refractivity contribution in [3.05, 3.63) is 39.8 Å². The maximum Gasteiger partial charge on any atom is 0.435 e. The molecule has 0 aliphatic rings. The molecule has 0 saturated carbocycles. The summed E-state index contributed by atoms with van der Waals surface area (Å²) in [5, 5.41) is 8.05. The minimum Gasteiger partial charge on any atom is -0.351 e. The lowest BCUT2D eigenvalue weighted by atomic mass is 10.3. The van der Waals surface area contributed by atoms with E-state index in [1.165, 1.54) is 16.0 Å². The molecule has 2 aromatic heterocycles. The second-order valence-electron chi connectivity index (χ2n) is 4.48. The van der Waals surface area contributed by atoms with Gasteiger partial charge in [-0.15, -0.1) is 11.3 Å². The number of nitrogens with one attached hydrogen (secondary N) is 1. The molecule has 0 saturated heterocycles. The Morgan fingerprint density at radius 1 is 1.48 bits per heavy atom. The fourth-order valence-corrected chi connectivity index (χ4v) is 2.44. The Morgan fingerprint density at radius 2 is 2.24 bits per heavy atom. The topological polar surface area (TPSA) is 46.9 Å². The summed E-state index contributed by atoms with van der Waals surface area (Å²) in [4.78, 5) is 12.3. The summed E-state index contributed by atoms with van der Waals surface area (Å²) in [6, 6.07) is 4.52. The molecule has 2 rings (SSSR count). The molecule has 0 bridgehead atoms. The van der Waals surface area contributed by atoms with E-state index in [1.54, 1.807) is 24.4 Å². The third kappa shape index (κ3) is 4.07. The van der Waals surface area contributed by atoms with Crippen LogP contribution in [0.4, 0.5) is 13.2 Å². The molecule has 8 heteroatoms. The first-order valence-corrected chi connectivity index (χ1v) is 7.19. The highest BCUT2D eigenvalue weighted by Crippen LogP contribution is 2.28. The standard InChI is InChI=1S/C13H14F3N3OS/c1-9-8-11(13(14,15)16)18-19(9)6-3-5-17-12(20)10-4-2-7-21-10/h2,4,7-8H,3,5-6H2,1H3,(H,17,20). The summed E-state index contributed by atoms with van der Waals surface area (Å²) in [6.07, 6.45) is -3.92. The van der Waals surface area contributed by atoms with Gasteiger partial charge in [-0.25, -0.2) is 0 Å². The summed E-state index contributed by atoms with van der Waals surface area (Å²) in [7, 11) is 0. The Bertz CT molecular complexity index is 605. The highest BCUT2D eigenvalue weighted by atomic mass is 32.1. The Hall–Kier alpha value is -1.83. The predicted molar refractivity (Wildman–Crippen MR) is 73.2 cm³/mol. The van der Waals surface area contributed by atoms with Gasteiger partial charge in [-0.05, 0) is 30.9 Å². The summed E-state index contributed by atoms with van der Waals surface area (Å²) in [5.41, 5.74) is -0.436. The SMILES string of the molecule is Cc1cc(C(F)(F)F)nn1CCCNC(=O)c1cccs1. The molecule has 0 aliphatic heterocycles. The Kier molecular flexibility index (Phi) is 4.66. The number of alkyl halides is 3. The Balaban J connectivity index is 1.81. The first-order chi connectivity index (χ1) is 9.88. The van der Waals surface area contributed by atoms with E-state index >= 15 is 0 Å². The van der Waals surface area contributed by atoms with E-state index in [0.29, 0.717) is 30.1 Å². The van der Waals surface area contributed by atoms with Crippen molar-refractivity contribution in [1.82, 2.24) is 15.1 Å². The van der Waals surface area contributed by atoms with Gasteiger partial charge >= 0.3 is 6.18 Å². The second kappa shape index (κ2) is 6.30. The van der Waals surface area contributed by atoms with Crippen LogP contribution in [-0.4, -0.2) is 22.2 Å². The molecule has 2 aromatic rings. The van der Waals surface area contributed by atoms with Gasteiger partial charge < -0.3 is 5.32 Å². The van der Waals surface area contributed by atoms with Gasteiger partial charge in [-0.3, -0.25) is 9.48 Å². The molecule has 0 atom stereocenters. The number of hydrogen-bond acceptors (Lipinski definition) is 3. The second-order valence-corrected chi connectivity index (χ2v) is 5.43. The molecule has 1 N–H and O–H groups in total. The van der Waals surface area contributed by atoms with Crippen LogP contribution in [0.25, 0.3) is 0 Å². The molecular weight excluding hydrogens is 303 g/mol. The van der Waals surface area contributed by atoms with Gasteiger partial charge in [0.2, 0.25) is 0 Å². The maximum absolute atomic E-state index is 12.5. The lowest BCUT2D eigenvalue weighted by Gasteiger charge is -2.06. The van der Waals surface area contributed by atoms with Crippen molar-refractivity contribution in [3.63, 3.8) is 0 Å². The summed E-state index contributed by atoms with van der Waals surface area (Å²) >= 11 is 1.34. The van der Waals surface area contributed by atoms with Crippen molar-refractivity contribution < 1.29 is 18.0 Å². The number of halogens is 3. The molecule has 21 heavy (non-hydrogen) atoms. The highest BCUT2D eigenvalue weighted by molar-refractivity contribution is 7.12. The normalized spacial score (nSPS) is 11.6. The zero-order valence-electron chi connectivity index (χ0n) is 11.3. The van der Waals surface area contributed by atoms with Crippen LogP contribution < -0.4 is 5.32 Å². The third-order valence-corrected chi connectivity index (χ3v) is 3.72. The number of carbonyl (C=O) groups excluding carboxylic acids is 1. The lowest BCUT2D eigenvalue weighted by Crippen LogP contribution is -2.24. The van der Waals surface area contributed by atoms with Crippen molar-refractivity contribution >= 4 is 17.2 Å². The molecular formula is C13H14F3N3OS. The van der Waals surface area contributed by atoms with Gasteiger partial charge in [0, 0.05) is 18.8 Å². The molecule has 0 aliphatic carbocycles. The molecule has 0 aromatic carbocycles. The van der Waals surface area contributed by atoms with Gasteiger partial charge in [0.05, 0.1) is 4.88 Å². The van der Waals surface area contributed by atoms with E-state index in [1.807, 2.05) is 0 Å². The zero-order valence-corrected chi connectivity index (χ0v) is 12.1. The van der Waals surface area contributed by atoms with E-state index in [-0.39, 0.29) is 5.91 Å². The fourth-order valence-electron chi connectivity index (χ4n) is 1.80.